The maximum Gasteiger partial charge on any atom is 0.225 e. The van der Waals surface area contributed by atoms with Gasteiger partial charge in [-0.05, 0) is 22.9 Å². The molecular weight excluding hydrogens is 378 g/mol. The molecule has 0 aromatic carbocycles. The molecule has 0 amide bonds. The van der Waals surface area contributed by atoms with Gasteiger partial charge in [-0.3, -0.25) is 4.79 Å². The molecule has 6 heteroatoms. The second-order valence-corrected chi connectivity index (χ2v) is 9.99. The highest BCUT2D eigenvalue weighted by Gasteiger charge is 2.66. The Morgan fingerprint density at radius 1 is 1.50 bits per heavy atom. The molecule has 0 aliphatic heterocycles. The SMILES string of the molecule is CC1(C)[C@H](C(=O)Cl)[C@@H]1C(Cl)C(Cl)(Br)Br. The highest BCUT2D eigenvalue weighted by molar-refractivity contribution is 9.26. The third-order valence-electron chi connectivity index (χ3n) is 2.78. The van der Waals surface area contributed by atoms with E-state index in [2.05, 4.69) is 31.9 Å². The molecule has 1 rings (SSSR count). The average Bonchev–Trinajstić information content (AvgIpc) is 2.49. The van der Waals surface area contributed by atoms with E-state index >= 15 is 0 Å². The van der Waals surface area contributed by atoms with Gasteiger partial charge in [0, 0.05) is 5.92 Å². The average molecular weight is 387 g/mol. The van der Waals surface area contributed by atoms with Crippen LogP contribution in [0.3, 0.4) is 0 Å². The van der Waals surface area contributed by atoms with Crippen molar-refractivity contribution in [2.24, 2.45) is 17.3 Å². The van der Waals surface area contributed by atoms with E-state index in [4.69, 9.17) is 34.8 Å². The minimum atomic E-state index is -0.884. The van der Waals surface area contributed by atoms with Crippen LogP contribution in [0.2, 0.25) is 0 Å². The third kappa shape index (κ3) is 2.42. The fourth-order valence-corrected chi connectivity index (χ4v) is 3.45. The lowest BCUT2D eigenvalue weighted by molar-refractivity contribution is -0.113. The summed E-state index contributed by atoms with van der Waals surface area (Å²) in [6.45, 7) is 3.92. The molecule has 1 aliphatic carbocycles. The molecule has 0 radical (unpaired) electrons. The van der Waals surface area contributed by atoms with Gasteiger partial charge in [-0.25, -0.2) is 0 Å². The van der Waals surface area contributed by atoms with Crippen molar-refractivity contribution >= 4 is 71.9 Å². The molecule has 1 nitrogen and oxygen atoms in total. The van der Waals surface area contributed by atoms with Crippen LogP contribution in [-0.2, 0) is 4.79 Å². The molecule has 82 valence electrons. The monoisotopic (exact) mass is 384 g/mol. The number of carbonyl (C=O) groups excluding carboxylic acids is 1. The van der Waals surface area contributed by atoms with E-state index in [0.29, 0.717) is 0 Å². The van der Waals surface area contributed by atoms with E-state index in [1.807, 2.05) is 13.8 Å². The Morgan fingerprint density at radius 2 is 1.93 bits per heavy atom. The third-order valence-corrected chi connectivity index (χ3v) is 5.48. The van der Waals surface area contributed by atoms with Gasteiger partial charge in [0.25, 0.3) is 0 Å². The molecule has 0 bridgehead atoms. The molecule has 0 saturated heterocycles. The van der Waals surface area contributed by atoms with E-state index < -0.39 is 8.07 Å². The standard InChI is InChI=1S/C8H9Br2Cl3O/c1-7(2)3(4(7)6(12)14)5(11)8(9,10)13/h3-5H,1-2H3/t3-,4+,5?/m1/s1. The summed E-state index contributed by atoms with van der Waals surface area (Å²) in [6, 6.07) is 0. The van der Waals surface area contributed by atoms with Crippen molar-refractivity contribution in [2.75, 3.05) is 0 Å². The summed E-state index contributed by atoms with van der Waals surface area (Å²) in [4.78, 5) is 11.1. The van der Waals surface area contributed by atoms with E-state index in [1.54, 1.807) is 0 Å². The normalized spacial score (nSPS) is 32.5. The first-order chi connectivity index (χ1) is 6.10. The first-order valence-electron chi connectivity index (χ1n) is 4.00. The molecule has 1 saturated carbocycles. The second kappa shape index (κ2) is 4.06. The molecule has 0 aromatic heterocycles. The minimum Gasteiger partial charge on any atom is -0.281 e. The van der Waals surface area contributed by atoms with Crippen molar-refractivity contribution < 1.29 is 4.79 Å². The van der Waals surface area contributed by atoms with Gasteiger partial charge < -0.3 is 0 Å². The molecule has 1 aliphatic rings. The summed E-state index contributed by atoms with van der Waals surface area (Å²) >= 11 is 24.0. The van der Waals surface area contributed by atoms with Crippen LogP contribution in [0.15, 0.2) is 0 Å². The number of halogens is 5. The van der Waals surface area contributed by atoms with Crippen molar-refractivity contribution in [3.63, 3.8) is 0 Å². The molecule has 1 unspecified atom stereocenters. The Morgan fingerprint density at radius 3 is 2.14 bits per heavy atom. The van der Waals surface area contributed by atoms with Crippen LogP contribution >= 0.6 is 66.7 Å². The van der Waals surface area contributed by atoms with Gasteiger partial charge >= 0.3 is 0 Å². The van der Waals surface area contributed by atoms with E-state index in [-0.39, 0.29) is 22.5 Å². The summed E-state index contributed by atoms with van der Waals surface area (Å²) in [6.07, 6.45) is 0. The Labute approximate surface area is 115 Å². The topological polar surface area (TPSA) is 17.1 Å². The molecule has 0 N–H and O–H groups in total. The number of rotatable bonds is 3. The largest absolute Gasteiger partial charge is 0.281 e. The van der Waals surface area contributed by atoms with Gasteiger partial charge in [0.2, 0.25) is 5.24 Å². The van der Waals surface area contributed by atoms with E-state index in [0.717, 1.165) is 0 Å². The fraction of sp³-hybridized carbons (Fsp3) is 0.875. The van der Waals surface area contributed by atoms with Crippen LogP contribution in [0.1, 0.15) is 13.8 Å². The first-order valence-corrected chi connectivity index (χ1v) is 6.78. The quantitative estimate of drug-likeness (QED) is 0.521. The summed E-state index contributed by atoms with van der Waals surface area (Å²) in [7, 11) is 0. The number of hydrogen-bond donors (Lipinski definition) is 0. The maximum absolute atomic E-state index is 11.1. The summed E-state index contributed by atoms with van der Waals surface area (Å²) in [5.74, 6) is -0.217. The highest BCUT2D eigenvalue weighted by atomic mass is 79.9. The van der Waals surface area contributed by atoms with E-state index in [1.165, 1.54) is 0 Å². The smallest absolute Gasteiger partial charge is 0.225 e. The minimum absolute atomic E-state index is 0.00887. The lowest BCUT2D eigenvalue weighted by atomic mass is 10.1. The zero-order chi connectivity index (χ0) is 11.3. The van der Waals surface area contributed by atoms with Crippen LogP contribution in [0.5, 0.6) is 0 Å². The highest BCUT2D eigenvalue weighted by Crippen LogP contribution is 2.65. The Balaban J connectivity index is 2.79. The van der Waals surface area contributed by atoms with Crippen LogP contribution < -0.4 is 0 Å². The first kappa shape index (κ1) is 13.6. The van der Waals surface area contributed by atoms with Crippen molar-refractivity contribution in [3.8, 4) is 0 Å². The molecule has 0 spiro atoms. The number of hydrogen-bond acceptors (Lipinski definition) is 1. The van der Waals surface area contributed by atoms with Gasteiger partial charge in [0.15, 0.2) is 2.69 Å². The summed E-state index contributed by atoms with van der Waals surface area (Å²) < 4.78 is -0.884. The van der Waals surface area contributed by atoms with Crippen molar-refractivity contribution in [1.82, 2.24) is 0 Å². The van der Waals surface area contributed by atoms with Crippen LogP contribution in [0.25, 0.3) is 0 Å². The zero-order valence-corrected chi connectivity index (χ0v) is 13.0. The number of alkyl halides is 4. The van der Waals surface area contributed by atoms with Crippen molar-refractivity contribution in [3.05, 3.63) is 0 Å². The van der Waals surface area contributed by atoms with Gasteiger partial charge in [0.1, 0.15) is 0 Å². The Hall–Kier alpha value is 1.50. The van der Waals surface area contributed by atoms with Crippen molar-refractivity contribution in [2.45, 2.75) is 21.9 Å². The molecule has 0 heterocycles. The molecule has 3 atom stereocenters. The van der Waals surface area contributed by atoms with Gasteiger partial charge in [-0.1, -0.05) is 57.3 Å². The van der Waals surface area contributed by atoms with Gasteiger partial charge in [0.05, 0.1) is 5.38 Å². The van der Waals surface area contributed by atoms with Crippen molar-refractivity contribution in [1.29, 1.82) is 0 Å². The molecular formula is C8H9Br2Cl3O. The van der Waals surface area contributed by atoms with Crippen LogP contribution in [0.4, 0.5) is 0 Å². The van der Waals surface area contributed by atoms with E-state index in [9.17, 15) is 4.79 Å². The lowest BCUT2D eigenvalue weighted by Gasteiger charge is -2.19. The predicted molar refractivity (Wildman–Crippen MR) is 67.7 cm³/mol. The lowest BCUT2D eigenvalue weighted by Crippen LogP contribution is -2.23. The Kier molecular flexibility index (Phi) is 3.94. The van der Waals surface area contributed by atoms with Crippen LogP contribution in [0, 0.1) is 17.3 Å². The summed E-state index contributed by atoms with van der Waals surface area (Å²) in [5, 5.41) is -0.738. The van der Waals surface area contributed by atoms with Crippen LogP contribution in [-0.4, -0.2) is 13.3 Å². The summed E-state index contributed by atoms with van der Waals surface area (Å²) in [5.41, 5.74) is -0.174. The zero-order valence-electron chi connectivity index (χ0n) is 7.53. The second-order valence-electron chi connectivity index (χ2n) is 4.07. The number of carbonyl (C=O) groups is 1. The van der Waals surface area contributed by atoms with Gasteiger partial charge in [-0.15, -0.1) is 11.6 Å². The van der Waals surface area contributed by atoms with Gasteiger partial charge in [-0.2, -0.15) is 0 Å². The fourth-order valence-electron chi connectivity index (χ4n) is 1.86. The maximum atomic E-state index is 11.1. The predicted octanol–water partition coefficient (Wildman–Crippen LogP) is 4.31. The molecule has 1 fully saturated rings. The Bertz CT molecular complexity index is 262. The molecule has 14 heavy (non-hydrogen) atoms. The molecule has 0 aromatic rings.